The second kappa shape index (κ2) is 4.43. The number of aliphatic hydroxyl groups is 2. The number of aliphatic hydroxyl groups excluding tert-OH is 2. The molecule has 1 atom stereocenters. The van der Waals surface area contributed by atoms with Crippen molar-refractivity contribution in [2.24, 2.45) is 0 Å². The number of hydrogen-bond donors (Lipinski definition) is 2. The molecule has 0 radical (unpaired) electrons. The fourth-order valence-corrected chi connectivity index (χ4v) is 0.670. The van der Waals surface area contributed by atoms with Crippen LogP contribution >= 0.6 is 11.8 Å². The summed E-state index contributed by atoms with van der Waals surface area (Å²) in [4.78, 5) is 0. The largest absolute Gasteiger partial charge is 0.396 e. The number of hydrogen-bond acceptors (Lipinski definition) is 3. The summed E-state index contributed by atoms with van der Waals surface area (Å²) in [6.07, 6.45) is 0. The van der Waals surface area contributed by atoms with E-state index in [0.29, 0.717) is 5.75 Å². The van der Waals surface area contributed by atoms with Crippen LogP contribution in [0.1, 0.15) is 6.92 Å². The lowest BCUT2D eigenvalue weighted by atomic mass is 10.9. The molecule has 2 nitrogen and oxygen atoms in total. The molecule has 0 aliphatic carbocycles. The Labute approximate surface area is 47.5 Å². The van der Waals surface area contributed by atoms with Crippen molar-refractivity contribution >= 4 is 11.8 Å². The number of rotatable bonds is 3. The van der Waals surface area contributed by atoms with Crippen LogP contribution in [0.5, 0.6) is 0 Å². The van der Waals surface area contributed by atoms with Crippen LogP contribution in [0.15, 0.2) is 0 Å². The van der Waals surface area contributed by atoms with E-state index < -0.39 is 0 Å². The highest BCUT2D eigenvalue weighted by Gasteiger charge is 1.90. The molecular formula is C4H10O2S. The average molecular weight is 122 g/mol. The van der Waals surface area contributed by atoms with Crippen molar-refractivity contribution in [3.05, 3.63) is 0 Å². The maximum absolute atomic E-state index is 8.54. The minimum atomic E-state index is -0.341. The van der Waals surface area contributed by atoms with Crippen LogP contribution in [-0.4, -0.2) is 28.0 Å². The van der Waals surface area contributed by atoms with Crippen molar-refractivity contribution in [3.8, 4) is 0 Å². The van der Waals surface area contributed by atoms with Gasteiger partial charge in [-0.15, -0.1) is 11.8 Å². The van der Waals surface area contributed by atoms with Gasteiger partial charge in [0.1, 0.15) is 0 Å². The van der Waals surface area contributed by atoms with Crippen LogP contribution < -0.4 is 0 Å². The molecule has 0 aromatic heterocycles. The smallest absolute Gasteiger partial charge is 0.0965 e. The fraction of sp³-hybridized carbons (Fsp3) is 1.00. The molecule has 3 heteroatoms. The lowest BCUT2D eigenvalue weighted by molar-refractivity contribution is 0.280. The third kappa shape index (κ3) is 6.27. The summed E-state index contributed by atoms with van der Waals surface area (Å²) in [5.74, 6) is 0.623. The summed E-state index contributed by atoms with van der Waals surface area (Å²) in [5.41, 5.74) is -0.341. The van der Waals surface area contributed by atoms with Crippen molar-refractivity contribution in [2.75, 3.05) is 12.4 Å². The zero-order valence-electron chi connectivity index (χ0n) is 4.29. The highest BCUT2D eigenvalue weighted by atomic mass is 32.2. The summed E-state index contributed by atoms with van der Waals surface area (Å²) in [6, 6.07) is 0. The van der Waals surface area contributed by atoms with Crippen LogP contribution in [0.25, 0.3) is 0 Å². The SMILES string of the molecule is CC(O)SCCO. The Kier molecular flexibility index (Phi) is 4.60. The third-order valence-corrected chi connectivity index (χ3v) is 1.35. The van der Waals surface area contributed by atoms with E-state index in [9.17, 15) is 0 Å². The van der Waals surface area contributed by atoms with Crippen molar-refractivity contribution in [3.63, 3.8) is 0 Å². The number of thioether (sulfide) groups is 1. The molecule has 44 valence electrons. The minimum absolute atomic E-state index is 0.148. The summed E-state index contributed by atoms with van der Waals surface area (Å²) in [7, 11) is 0. The van der Waals surface area contributed by atoms with E-state index in [2.05, 4.69) is 0 Å². The lowest BCUT2D eigenvalue weighted by Crippen LogP contribution is -1.96. The van der Waals surface area contributed by atoms with E-state index in [1.54, 1.807) is 6.92 Å². The van der Waals surface area contributed by atoms with Crippen LogP contribution in [-0.2, 0) is 0 Å². The van der Waals surface area contributed by atoms with Crippen molar-refractivity contribution < 1.29 is 10.2 Å². The Morgan fingerprint density at radius 2 is 2.29 bits per heavy atom. The Morgan fingerprint density at radius 1 is 1.71 bits per heavy atom. The van der Waals surface area contributed by atoms with Gasteiger partial charge in [-0.1, -0.05) is 0 Å². The van der Waals surface area contributed by atoms with Gasteiger partial charge in [0.2, 0.25) is 0 Å². The van der Waals surface area contributed by atoms with Gasteiger partial charge in [0.15, 0.2) is 0 Å². The van der Waals surface area contributed by atoms with Gasteiger partial charge in [0, 0.05) is 5.75 Å². The van der Waals surface area contributed by atoms with Crippen LogP contribution in [0.4, 0.5) is 0 Å². The quantitative estimate of drug-likeness (QED) is 0.520. The van der Waals surface area contributed by atoms with Crippen molar-refractivity contribution in [2.45, 2.75) is 12.4 Å². The average Bonchev–Trinajstić information content (AvgIpc) is 1.61. The molecule has 0 amide bonds. The Bertz CT molecular complexity index is 38.7. The molecule has 2 N–H and O–H groups in total. The summed E-state index contributed by atoms with van der Waals surface area (Å²) < 4.78 is 0. The molecule has 0 saturated heterocycles. The molecule has 0 aromatic carbocycles. The Balaban J connectivity index is 2.68. The van der Waals surface area contributed by atoms with Gasteiger partial charge in [-0.3, -0.25) is 0 Å². The molecule has 0 aliphatic rings. The Morgan fingerprint density at radius 3 is 2.43 bits per heavy atom. The molecule has 0 heterocycles. The minimum Gasteiger partial charge on any atom is -0.396 e. The first-order valence-corrected chi connectivity index (χ1v) is 3.22. The standard InChI is InChI=1S/C4H10O2S/c1-4(6)7-3-2-5/h4-6H,2-3H2,1H3. The van der Waals surface area contributed by atoms with Crippen molar-refractivity contribution in [1.82, 2.24) is 0 Å². The van der Waals surface area contributed by atoms with E-state index >= 15 is 0 Å². The summed E-state index contributed by atoms with van der Waals surface area (Å²) in [5, 5.41) is 16.7. The van der Waals surface area contributed by atoms with Gasteiger partial charge >= 0.3 is 0 Å². The van der Waals surface area contributed by atoms with Gasteiger partial charge in [-0.25, -0.2) is 0 Å². The van der Waals surface area contributed by atoms with E-state index in [1.165, 1.54) is 11.8 Å². The molecule has 0 bridgehead atoms. The normalized spacial score (nSPS) is 14.1. The second-order valence-electron chi connectivity index (χ2n) is 1.19. The predicted molar refractivity (Wildman–Crippen MR) is 31.2 cm³/mol. The summed E-state index contributed by atoms with van der Waals surface area (Å²) >= 11 is 1.34. The van der Waals surface area contributed by atoms with Gasteiger partial charge in [0.05, 0.1) is 12.0 Å². The highest BCUT2D eigenvalue weighted by Crippen LogP contribution is 2.03. The molecule has 0 aromatic rings. The molecule has 0 aliphatic heterocycles. The fourth-order valence-electron chi connectivity index (χ4n) is 0.223. The molecule has 0 fully saturated rings. The first kappa shape index (κ1) is 7.27. The second-order valence-corrected chi connectivity index (χ2v) is 2.62. The van der Waals surface area contributed by atoms with E-state index in [4.69, 9.17) is 10.2 Å². The third-order valence-electron chi connectivity index (χ3n) is 0.450. The summed E-state index contributed by atoms with van der Waals surface area (Å²) in [6.45, 7) is 1.83. The van der Waals surface area contributed by atoms with E-state index in [1.807, 2.05) is 0 Å². The first-order valence-electron chi connectivity index (χ1n) is 2.18. The zero-order valence-corrected chi connectivity index (χ0v) is 5.11. The van der Waals surface area contributed by atoms with E-state index in [-0.39, 0.29) is 12.0 Å². The molecular weight excluding hydrogens is 112 g/mol. The molecule has 0 saturated carbocycles. The van der Waals surface area contributed by atoms with Gasteiger partial charge in [-0.2, -0.15) is 0 Å². The van der Waals surface area contributed by atoms with Crippen LogP contribution in [0, 0.1) is 0 Å². The molecule has 7 heavy (non-hydrogen) atoms. The van der Waals surface area contributed by atoms with Gasteiger partial charge in [-0.05, 0) is 6.92 Å². The first-order chi connectivity index (χ1) is 3.27. The molecule has 1 unspecified atom stereocenters. The van der Waals surface area contributed by atoms with Crippen molar-refractivity contribution in [1.29, 1.82) is 0 Å². The maximum atomic E-state index is 8.54. The topological polar surface area (TPSA) is 40.5 Å². The van der Waals surface area contributed by atoms with Gasteiger partial charge in [0.25, 0.3) is 0 Å². The molecule has 0 spiro atoms. The lowest BCUT2D eigenvalue weighted by Gasteiger charge is -1.98. The van der Waals surface area contributed by atoms with Gasteiger partial charge < -0.3 is 10.2 Å². The van der Waals surface area contributed by atoms with Crippen LogP contribution in [0.3, 0.4) is 0 Å². The molecule has 0 rings (SSSR count). The maximum Gasteiger partial charge on any atom is 0.0965 e. The monoisotopic (exact) mass is 122 g/mol. The zero-order chi connectivity index (χ0) is 5.70. The van der Waals surface area contributed by atoms with Crippen LogP contribution in [0.2, 0.25) is 0 Å². The predicted octanol–water partition coefficient (Wildman–Crippen LogP) is 0.0502. The highest BCUT2D eigenvalue weighted by molar-refractivity contribution is 7.99. The Hall–Kier alpha value is 0.270. The van der Waals surface area contributed by atoms with E-state index in [0.717, 1.165) is 0 Å².